The lowest BCUT2D eigenvalue weighted by Crippen LogP contribution is -2.43. The number of thiophene rings is 1. The lowest BCUT2D eigenvalue weighted by Gasteiger charge is -2.30. The van der Waals surface area contributed by atoms with Crippen LogP contribution < -0.4 is 0 Å². The summed E-state index contributed by atoms with van der Waals surface area (Å²) in [6.45, 7) is 0.517. The van der Waals surface area contributed by atoms with Crippen LogP contribution in [0.25, 0.3) is 10.9 Å². The zero-order valence-electron chi connectivity index (χ0n) is 15.8. The largest absolute Gasteiger partial charge is 0.465 e. The Morgan fingerprint density at radius 3 is 2.69 bits per heavy atom. The Hall–Kier alpha value is -2.49. The SMILES string of the molecule is COC(=O)c1cn(C(=O)C2CCCN(S(=O)(=O)c3cccs3)C2)c2ccccc12. The van der Waals surface area contributed by atoms with Gasteiger partial charge >= 0.3 is 5.97 Å². The van der Waals surface area contributed by atoms with Crippen LogP contribution in [0.2, 0.25) is 0 Å². The van der Waals surface area contributed by atoms with Crippen molar-refractivity contribution in [3.8, 4) is 0 Å². The molecule has 0 amide bonds. The molecule has 29 heavy (non-hydrogen) atoms. The summed E-state index contributed by atoms with van der Waals surface area (Å²) in [5.41, 5.74) is 0.923. The Labute approximate surface area is 172 Å². The van der Waals surface area contributed by atoms with Gasteiger partial charge in [0.15, 0.2) is 0 Å². The summed E-state index contributed by atoms with van der Waals surface area (Å²) in [5.74, 6) is -1.22. The van der Waals surface area contributed by atoms with Gasteiger partial charge in [0.2, 0.25) is 5.91 Å². The van der Waals surface area contributed by atoms with E-state index >= 15 is 0 Å². The molecule has 0 radical (unpaired) electrons. The molecule has 1 aromatic carbocycles. The summed E-state index contributed by atoms with van der Waals surface area (Å²) in [6, 6.07) is 10.4. The second kappa shape index (κ2) is 7.74. The van der Waals surface area contributed by atoms with E-state index in [1.54, 1.807) is 41.8 Å². The highest BCUT2D eigenvalue weighted by atomic mass is 32.2. The zero-order valence-corrected chi connectivity index (χ0v) is 17.4. The maximum absolute atomic E-state index is 13.3. The first-order chi connectivity index (χ1) is 13.9. The van der Waals surface area contributed by atoms with Gasteiger partial charge in [-0.1, -0.05) is 24.3 Å². The number of rotatable bonds is 4. The molecule has 2 aromatic heterocycles. The number of fused-ring (bicyclic) bond motifs is 1. The molecule has 1 aliphatic heterocycles. The molecule has 9 heteroatoms. The van der Waals surface area contributed by atoms with Gasteiger partial charge in [-0.3, -0.25) is 9.36 Å². The smallest absolute Gasteiger partial charge is 0.340 e. The van der Waals surface area contributed by atoms with E-state index in [0.717, 1.165) is 0 Å². The van der Waals surface area contributed by atoms with E-state index in [1.807, 2.05) is 0 Å². The number of piperidine rings is 1. The minimum absolute atomic E-state index is 0.124. The maximum atomic E-state index is 13.3. The Morgan fingerprint density at radius 2 is 1.97 bits per heavy atom. The molecule has 4 rings (SSSR count). The van der Waals surface area contributed by atoms with E-state index in [-0.39, 0.29) is 16.7 Å². The van der Waals surface area contributed by atoms with Crippen molar-refractivity contribution in [1.29, 1.82) is 0 Å². The molecule has 7 nitrogen and oxygen atoms in total. The third-order valence-corrected chi connectivity index (χ3v) is 8.42. The van der Waals surface area contributed by atoms with Crippen LogP contribution >= 0.6 is 11.3 Å². The van der Waals surface area contributed by atoms with Crippen LogP contribution in [0.3, 0.4) is 0 Å². The van der Waals surface area contributed by atoms with Crippen LogP contribution in [0.15, 0.2) is 52.2 Å². The summed E-state index contributed by atoms with van der Waals surface area (Å²) < 4.78 is 33.7. The number of nitrogens with zero attached hydrogens (tertiary/aromatic N) is 2. The fourth-order valence-electron chi connectivity index (χ4n) is 3.73. The highest BCUT2D eigenvalue weighted by Crippen LogP contribution is 2.29. The number of ether oxygens (including phenoxy) is 1. The third kappa shape index (κ3) is 3.50. The van der Waals surface area contributed by atoms with Crippen molar-refractivity contribution in [2.24, 2.45) is 5.92 Å². The molecular formula is C20H20N2O5S2. The Balaban J connectivity index is 1.66. The minimum atomic E-state index is -3.61. The van der Waals surface area contributed by atoms with Gasteiger partial charge in [-0.15, -0.1) is 11.3 Å². The average Bonchev–Trinajstić information content (AvgIpc) is 3.41. The first-order valence-corrected chi connectivity index (χ1v) is 11.5. The van der Waals surface area contributed by atoms with Crippen molar-refractivity contribution in [2.45, 2.75) is 17.1 Å². The Kier molecular flexibility index (Phi) is 5.28. The molecule has 1 fully saturated rings. The molecule has 0 spiro atoms. The van der Waals surface area contributed by atoms with Crippen molar-refractivity contribution in [2.75, 3.05) is 20.2 Å². The Bertz CT molecular complexity index is 1160. The van der Waals surface area contributed by atoms with Crippen LogP contribution in [0.1, 0.15) is 28.0 Å². The number of esters is 1. The van der Waals surface area contributed by atoms with Crippen LogP contribution in [-0.2, 0) is 14.8 Å². The second-order valence-electron chi connectivity index (χ2n) is 6.89. The van der Waals surface area contributed by atoms with Gasteiger partial charge in [-0.05, 0) is 30.4 Å². The molecule has 1 unspecified atom stereocenters. The summed E-state index contributed by atoms with van der Waals surface area (Å²) in [5, 5.41) is 2.35. The van der Waals surface area contributed by atoms with E-state index in [4.69, 9.17) is 4.74 Å². The lowest BCUT2D eigenvalue weighted by atomic mass is 9.98. The molecule has 0 saturated carbocycles. The number of methoxy groups -OCH3 is 1. The number of para-hydroxylation sites is 1. The van der Waals surface area contributed by atoms with Gasteiger partial charge in [0, 0.05) is 24.7 Å². The van der Waals surface area contributed by atoms with Crippen LogP contribution in [0, 0.1) is 5.92 Å². The summed E-state index contributed by atoms with van der Waals surface area (Å²) >= 11 is 1.17. The Morgan fingerprint density at radius 1 is 1.17 bits per heavy atom. The molecule has 1 saturated heterocycles. The zero-order chi connectivity index (χ0) is 20.6. The monoisotopic (exact) mass is 432 g/mol. The third-order valence-electron chi connectivity index (χ3n) is 5.18. The highest BCUT2D eigenvalue weighted by molar-refractivity contribution is 7.91. The van der Waals surface area contributed by atoms with E-state index in [1.165, 1.54) is 33.5 Å². The predicted octanol–water partition coefficient (Wildman–Crippen LogP) is 3.23. The standard InChI is InChI=1S/C20H20N2O5S2/c1-27-20(24)16-13-22(17-8-3-2-7-15(16)17)19(23)14-6-4-10-21(12-14)29(25,26)18-9-5-11-28-18/h2-3,5,7-9,11,13-14H,4,6,10,12H2,1H3. The van der Waals surface area contributed by atoms with Crippen LogP contribution in [-0.4, -0.2) is 49.4 Å². The summed E-state index contributed by atoms with van der Waals surface area (Å²) in [6.07, 6.45) is 2.69. The second-order valence-corrected chi connectivity index (χ2v) is 10.0. The van der Waals surface area contributed by atoms with Crippen molar-refractivity contribution < 1.29 is 22.7 Å². The molecule has 3 heterocycles. The van der Waals surface area contributed by atoms with E-state index < -0.39 is 21.9 Å². The van der Waals surface area contributed by atoms with Gasteiger partial charge < -0.3 is 4.74 Å². The van der Waals surface area contributed by atoms with Crippen molar-refractivity contribution >= 4 is 44.1 Å². The summed E-state index contributed by atoms with van der Waals surface area (Å²) in [7, 11) is -2.31. The molecule has 0 bridgehead atoms. The fraction of sp³-hybridized carbons (Fsp3) is 0.300. The molecule has 0 N–H and O–H groups in total. The lowest BCUT2D eigenvalue weighted by molar-refractivity contribution is 0.0603. The highest BCUT2D eigenvalue weighted by Gasteiger charge is 2.35. The average molecular weight is 433 g/mol. The number of sulfonamides is 1. The predicted molar refractivity (Wildman–Crippen MR) is 110 cm³/mol. The van der Waals surface area contributed by atoms with E-state index in [0.29, 0.717) is 35.9 Å². The van der Waals surface area contributed by atoms with Crippen molar-refractivity contribution in [3.63, 3.8) is 0 Å². The number of hydrogen-bond donors (Lipinski definition) is 0. The van der Waals surface area contributed by atoms with Gasteiger partial charge in [-0.2, -0.15) is 4.31 Å². The molecule has 152 valence electrons. The quantitative estimate of drug-likeness (QED) is 0.591. The van der Waals surface area contributed by atoms with Crippen LogP contribution in [0.5, 0.6) is 0 Å². The molecule has 1 atom stereocenters. The molecule has 3 aromatic rings. The molecule has 1 aliphatic rings. The number of carbonyl (C=O) groups excluding carboxylic acids is 2. The van der Waals surface area contributed by atoms with Gasteiger partial charge in [0.25, 0.3) is 10.0 Å². The number of benzene rings is 1. The normalized spacial score (nSPS) is 18.0. The fourth-order valence-corrected chi connectivity index (χ4v) is 6.40. The number of aromatic nitrogens is 1. The minimum Gasteiger partial charge on any atom is -0.465 e. The van der Waals surface area contributed by atoms with Gasteiger partial charge in [-0.25, -0.2) is 13.2 Å². The van der Waals surface area contributed by atoms with Crippen LogP contribution in [0.4, 0.5) is 0 Å². The first-order valence-electron chi connectivity index (χ1n) is 9.19. The van der Waals surface area contributed by atoms with Crippen molar-refractivity contribution in [1.82, 2.24) is 8.87 Å². The topological polar surface area (TPSA) is 85.7 Å². The van der Waals surface area contributed by atoms with E-state index in [2.05, 4.69) is 0 Å². The number of hydrogen-bond acceptors (Lipinski definition) is 6. The van der Waals surface area contributed by atoms with Gasteiger partial charge in [0.1, 0.15) is 4.21 Å². The first kappa shape index (κ1) is 19.8. The molecular weight excluding hydrogens is 412 g/mol. The van der Waals surface area contributed by atoms with Crippen molar-refractivity contribution in [3.05, 3.63) is 53.5 Å². The van der Waals surface area contributed by atoms with Gasteiger partial charge in [0.05, 0.1) is 24.1 Å². The number of carbonyl (C=O) groups is 2. The maximum Gasteiger partial charge on any atom is 0.340 e. The molecule has 0 aliphatic carbocycles. The van der Waals surface area contributed by atoms with E-state index in [9.17, 15) is 18.0 Å². The summed E-state index contributed by atoms with van der Waals surface area (Å²) in [4.78, 5) is 25.4.